The van der Waals surface area contributed by atoms with E-state index in [1.807, 2.05) is 25.9 Å². The number of esters is 1. The van der Waals surface area contributed by atoms with E-state index < -0.39 is 5.97 Å². The Hall–Kier alpha value is -2.21. The maximum absolute atomic E-state index is 12.2. The first kappa shape index (κ1) is 16.2. The van der Waals surface area contributed by atoms with Gasteiger partial charge in [0.1, 0.15) is 16.9 Å². The summed E-state index contributed by atoms with van der Waals surface area (Å²) < 4.78 is 5.08. The molecule has 0 fully saturated rings. The van der Waals surface area contributed by atoms with Crippen molar-refractivity contribution in [2.24, 2.45) is 4.99 Å². The van der Waals surface area contributed by atoms with E-state index in [1.54, 1.807) is 25.3 Å². The molecule has 0 unspecified atom stereocenters. The maximum Gasteiger partial charge on any atom is 0.342 e. The number of ether oxygens (including phenoxy) is 1. The van der Waals surface area contributed by atoms with Gasteiger partial charge in [-0.3, -0.25) is 0 Å². The van der Waals surface area contributed by atoms with E-state index in [-0.39, 0.29) is 17.6 Å². The number of aromatic nitrogens is 2. The zero-order valence-corrected chi connectivity index (χ0v) is 13.7. The zero-order valence-electron chi connectivity index (χ0n) is 12.9. The van der Waals surface area contributed by atoms with Crippen LogP contribution in [0.4, 0.5) is 5.82 Å². The Morgan fingerprint density at radius 3 is 2.82 bits per heavy atom. The molecule has 0 aliphatic carbocycles. The summed E-state index contributed by atoms with van der Waals surface area (Å²) in [5.74, 6) is 0.514. The van der Waals surface area contributed by atoms with Gasteiger partial charge in [-0.05, 0) is 26.0 Å². The number of halogens is 1. The number of nitrogens with zero attached hydrogens (tertiary/aromatic N) is 4. The molecule has 0 spiro atoms. The largest absolute Gasteiger partial charge is 0.462 e. The Morgan fingerprint density at radius 2 is 2.18 bits per heavy atom. The molecule has 2 aromatic heterocycles. The fraction of sp³-hybridized carbons (Fsp3) is 0.333. The highest BCUT2D eigenvalue weighted by Crippen LogP contribution is 2.27. The fourth-order valence-electron chi connectivity index (χ4n) is 1.75. The fourth-order valence-corrected chi connectivity index (χ4v) is 1.96. The molecule has 0 saturated carbocycles. The topological polar surface area (TPSA) is 67.7 Å². The van der Waals surface area contributed by atoms with Crippen molar-refractivity contribution in [2.75, 3.05) is 20.7 Å². The molecule has 0 N–H and O–H groups in total. The second-order valence-electron chi connectivity index (χ2n) is 4.81. The van der Waals surface area contributed by atoms with Crippen LogP contribution in [0.15, 0.2) is 23.3 Å². The number of hydrogen-bond donors (Lipinski definition) is 0. The van der Waals surface area contributed by atoms with Crippen LogP contribution in [-0.2, 0) is 4.74 Å². The van der Waals surface area contributed by atoms with Crippen LogP contribution in [-0.4, -0.2) is 47.4 Å². The lowest BCUT2D eigenvalue weighted by Gasteiger charge is -2.12. The van der Waals surface area contributed by atoms with Gasteiger partial charge in [-0.15, -0.1) is 0 Å². The molecule has 0 bridgehead atoms. The number of fused-ring (bicyclic) bond motifs is 1. The molecule has 0 saturated heterocycles. The van der Waals surface area contributed by atoms with E-state index in [4.69, 9.17) is 16.3 Å². The maximum atomic E-state index is 12.2. The van der Waals surface area contributed by atoms with E-state index in [0.29, 0.717) is 22.3 Å². The molecule has 2 heterocycles. The van der Waals surface area contributed by atoms with Crippen molar-refractivity contribution in [1.82, 2.24) is 14.9 Å². The standard InChI is InChI=1S/C15H17ClN4O2/c1-5-22-15(21)11-8-10-6-7-17-13(16)12(10)19-14(11)18-9(2)20(3)4/h6-8H,5H2,1-4H3. The van der Waals surface area contributed by atoms with Crippen LogP contribution >= 0.6 is 11.6 Å². The Morgan fingerprint density at radius 1 is 1.45 bits per heavy atom. The predicted octanol–water partition coefficient (Wildman–Crippen LogP) is 3.07. The van der Waals surface area contributed by atoms with Crippen molar-refractivity contribution in [3.8, 4) is 0 Å². The van der Waals surface area contributed by atoms with Crippen molar-refractivity contribution in [1.29, 1.82) is 0 Å². The molecule has 0 aliphatic heterocycles. The quantitative estimate of drug-likeness (QED) is 0.376. The number of amidine groups is 1. The van der Waals surface area contributed by atoms with Gasteiger partial charge in [0, 0.05) is 25.7 Å². The number of carbonyl (C=O) groups is 1. The van der Waals surface area contributed by atoms with E-state index >= 15 is 0 Å². The van der Waals surface area contributed by atoms with Gasteiger partial charge < -0.3 is 9.64 Å². The smallest absolute Gasteiger partial charge is 0.342 e. The van der Waals surface area contributed by atoms with E-state index in [9.17, 15) is 4.79 Å². The van der Waals surface area contributed by atoms with E-state index in [1.165, 1.54) is 0 Å². The second-order valence-corrected chi connectivity index (χ2v) is 5.16. The first-order valence-corrected chi connectivity index (χ1v) is 7.16. The Labute approximate surface area is 133 Å². The summed E-state index contributed by atoms with van der Waals surface area (Å²) in [5, 5.41) is 0.983. The van der Waals surface area contributed by atoms with Crippen LogP contribution < -0.4 is 0 Å². The summed E-state index contributed by atoms with van der Waals surface area (Å²) in [6, 6.07) is 3.42. The number of pyridine rings is 2. The van der Waals surface area contributed by atoms with Gasteiger partial charge in [0.15, 0.2) is 11.0 Å². The molecular weight excluding hydrogens is 304 g/mol. The van der Waals surface area contributed by atoms with Gasteiger partial charge >= 0.3 is 5.97 Å². The predicted molar refractivity (Wildman–Crippen MR) is 87.0 cm³/mol. The molecule has 2 aromatic rings. The molecule has 0 aromatic carbocycles. The Balaban J connectivity index is 2.68. The number of hydrogen-bond acceptors (Lipinski definition) is 5. The first-order valence-electron chi connectivity index (χ1n) is 6.79. The molecule has 0 amide bonds. The average Bonchev–Trinajstić information content (AvgIpc) is 2.47. The lowest BCUT2D eigenvalue weighted by Crippen LogP contribution is -2.18. The summed E-state index contributed by atoms with van der Waals surface area (Å²) in [4.78, 5) is 26.8. The van der Waals surface area contributed by atoms with Crippen molar-refractivity contribution in [3.63, 3.8) is 0 Å². The third-order valence-electron chi connectivity index (χ3n) is 3.08. The highest BCUT2D eigenvalue weighted by Gasteiger charge is 2.17. The average molecular weight is 321 g/mol. The summed E-state index contributed by atoms with van der Waals surface area (Å²) in [6.07, 6.45) is 1.56. The summed E-state index contributed by atoms with van der Waals surface area (Å²) in [6.45, 7) is 3.86. The second kappa shape index (κ2) is 6.70. The Bertz CT molecular complexity index is 744. The van der Waals surface area contributed by atoms with Gasteiger partial charge in [-0.2, -0.15) is 0 Å². The molecule has 2 rings (SSSR count). The monoisotopic (exact) mass is 320 g/mol. The third kappa shape index (κ3) is 3.33. The van der Waals surface area contributed by atoms with E-state index in [0.717, 1.165) is 0 Å². The first-order chi connectivity index (χ1) is 10.4. The minimum absolute atomic E-state index is 0.270. The van der Waals surface area contributed by atoms with Crippen LogP contribution in [0.2, 0.25) is 5.15 Å². The lowest BCUT2D eigenvalue weighted by molar-refractivity contribution is 0.0527. The number of rotatable bonds is 3. The molecule has 0 aliphatic rings. The Kier molecular flexibility index (Phi) is 4.92. The van der Waals surface area contributed by atoms with Crippen LogP contribution in [0.5, 0.6) is 0 Å². The number of carbonyl (C=O) groups excluding carboxylic acids is 1. The molecule has 7 heteroatoms. The van der Waals surface area contributed by atoms with Crippen LogP contribution in [0.3, 0.4) is 0 Å². The highest BCUT2D eigenvalue weighted by atomic mass is 35.5. The van der Waals surface area contributed by atoms with Gasteiger partial charge in [-0.25, -0.2) is 19.8 Å². The van der Waals surface area contributed by atoms with Crippen molar-refractivity contribution in [2.45, 2.75) is 13.8 Å². The van der Waals surface area contributed by atoms with E-state index in [2.05, 4.69) is 15.0 Å². The minimum atomic E-state index is -0.463. The zero-order chi connectivity index (χ0) is 16.3. The lowest BCUT2D eigenvalue weighted by atomic mass is 10.2. The highest BCUT2D eigenvalue weighted by molar-refractivity contribution is 6.33. The third-order valence-corrected chi connectivity index (χ3v) is 3.36. The minimum Gasteiger partial charge on any atom is -0.462 e. The van der Waals surface area contributed by atoms with Gasteiger partial charge in [-0.1, -0.05) is 11.6 Å². The summed E-state index contributed by atoms with van der Waals surface area (Å²) in [5.41, 5.74) is 0.806. The van der Waals surface area contributed by atoms with Gasteiger partial charge in [0.2, 0.25) is 0 Å². The molecular formula is C15H17ClN4O2. The van der Waals surface area contributed by atoms with Crippen LogP contribution in [0.1, 0.15) is 24.2 Å². The summed E-state index contributed by atoms with van der Waals surface area (Å²) in [7, 11) is 3.72. The van der Waals surface area contributed by atoms with Crippen molar-refractivity contribution < 1.29 is 9.53 Å². The molecule has 6 nitrogen and oxygen atoms in total. The van der Waals surface area contributed by atoms with Gasteiger partial charge in [0.25, 0.3) is 0 Å². The SMILES string of the molecule is CCOC(=O)c1cc2ccnc(Cl)c2nc1N=C(C)N(C)C. The molecule has 22 heavy (non-hydrogen) atoms. The van der Waals surface area contributed by atoms with Gasteiger partial charge in [0.05, 0.1) is 6.61 Å². The summed E-state index contributed by atoms with van der Waals surface area (Å²) >= 11 is 6.07. The molecule has 0 atom stereocenters. The van der Waals surface area contributed by atoms with Crippen LogP contribution in [0.25, 0.3) is 10.9 Å². The molecule has 116 valence electrons. The molecule has 0 radical (unpaired) electrons. The van der Waals surface area contributed by atoms with Crippen molar-refractivity contribution in [3.05, 3.63) is 29.0 Å². The van der Waals surface area contributed by atoms with Crippen LogP contribution in [0, 0.1) is 0 Å². The number of aliphatic imine (C=N–C) groups is 1. The normalized spacial score (nSPS) is 11.6. The van der Waals surface area contributed by atoms with Crippen molar-refractivity contribution >= 4 is 40.1 Å².